The average Bonchev–Trinajstić information content (AvgIpc) is 3.17. The number of nitrogens with zero attached hydrogens (tertiary/aromatic N) is 3. The monoisotopic (exact) mass is 476 g/mol. The molecule has 0 bridgehead atoms. The summed E-state index contributed by atoms with van der Waals surface area (Å²) in [6.45, 7) is 0.313. The molecule has 2 fully saturated rings. The number of thiazole rings is 1. The number of likely N-dealkylation sites (tertiary alicyclic amines) is 1. The smallest absolute Gasteiger partial charge is 0.274 e. The summed E-state index contributed by atoms with van der Waals surface area (Å²) < 4.78 is 13.8. The zero-order valence-corrected chi connectivity index (χ0v) is 18.8. The lowest BCUT2D eigenvalue weighted by atomic mass is 10.1. The van der Waals surface area contributed by atoms with E-state index in [1.165, 1.54) is 23.5 Å². The predicted octanol–water partition coefficient (Wildman–Crippen LogP) is 3.44. The molecule has 3 heterocycles. The van der Waals surface area contributed by atoms with Crippen molar-refractivity contribution in [2.45, 2.75) is 24.9 Å². The number of piperidine rings is 1. The van der Waals surface area contributed by atoms with E-state index >= 15 is 0 Å². The second-order valence-electron chi connectivity index (χ2n) is 8.73. The number of aromatic nitrogens is 3. The van der Waals surface area contributed by atoms with E-state index in [1.807, 2.05) is 29.2 Å². The fourth-order valence-electron chi connectivity index (χ4n) is 4.92. The highest BCUT2D eigenvalue weighted by Gasteiger charge is 2.54. The van der Waals surface area contributed by atoms with Crippen molar-refractivity contribution in [2.75, 3.05) is 12.3 Å². The lowest BCUT2D eigenvalue weighted by Crippen LogP contribution is -2.45. The number of anilines is 1. The van der Waals surface area contributed by atoms with Gasteiger partial charge in [-0.25, -0.2) is 9.37 Å². The van der Waals surface area contributed by atoms with Crippen LogP contribution in [0.2, 0.25) is 0 Å². The number of halogens is 1. The summed E-state index contributed by atoms with van der Waals surface area (Å²) in [5.41, 5.74) is 7.87. The van der Waals surface area contributed by atoms with Crippen LogP contribution >= 0.6 is 11.3 Å². The van der Waals surface area contributed by atoms with Crippen LogP contribution in [0.25, 0.3) is 21.3 Å². The van der Waals surface area contributed by atoms with E-state index in [-0.39, 0.29) is 34.7 Å². The van der Waals surface area contributed by atoms with Crippen LogP contribution in [-0.4, -0.2) is 50.5 Å². The van der Waals surface area contributed by atoms with Crippen LogP contribution in [0.1, 0.15) is 33.8 Å². The molecule has 4 N–H and O–H groups in total. The van der Waals surface area contributed by atoms with Crippen LogP contribution < -0.4 is 11.1 Å². The number of nitrogens with one attached hydrogen (secondary N) is 2. The van der Waals surface area contributed by atoms with Crippen molar-refractivity contribution in [1.82, 2.24) is 25.4 Å². The minimum Gasteiger partial charge on any atom is -0.375 e. The van der Waals surface area contributed by atoms with Crippen molar-refractivity contribution < 1.29 is 14.0 Å². The largest absolute Gasteiger partial charge is 0.375 e. The Morgan fingerprint density at radius 3 is 2.88 bits per heavy atom. The first-order valence-corrected chi connectivity index (χ1v) is 11.9. The SMILES string of the molecule is Nc1nc(C(=O)N2[C@H](CNC(=O)c3n[nH]c4ccccc34)C[C@@H]3C[C@@H]32)c(-c2cccc(F)c2)s1. The van der Waals surface area contributed by atoms with Crippen molar-refractivity contribution in [1.29, 1.82) is 0 Å². The van der Waals surface area contributed by atoms with E-state index in [1.54, 1.807) is 12.1 Å². The third kappa shape index (κ3) is 3.50. The lowest BCUT2D eigenvalue weighted by Gasteiger charge is -2.27. The number of rotatable bonds is 5. The maximum Gasteiger partial charge on any atom is 0.274 e. The Hall–Kier alpha value is -3.79. The zero-order chi connectivity index (χ0) is 23.4. The van der Waals surface area contributed by atoms with Crippen LogP contribution in [0.15, 0.2) is 48.5 Å². The summed E-state index contributed by atoms with van der Waals surface area (Å²) in [6, 6.07) is 13.5. The first-order chi connectivity index (χ1) is 16.5. The van der Waals surface area contributed by atoms with Crippen LogP contribution in [0, 0.1) is 11.7 Å². The molecule has 2 aromatic heterocycles. The van der Waals surface area contributed by atoms with Gasteiger partial charge in [-0.1, -0.05) is 41.7 Å². The number of hydrogen-bond acceptors (Lipinski definition) is 6. The minimum atomic E-state index is -0.391. The standard InChI is InChI=1S/C24H21FN6O2S/c25-14-5-3-4-12(8-14)21-20(28-24(26)34-21)23(33)31-15(9-13-10-18(13)31)11-27-22(32)19-16-6-1-2-7-17(16)29-30-19/h1-8,13,15,18H,9-11H2,(H2,26,28)(H,27,32)(H,29,30)/t13-,15+,18+/m1/s1. The maximum absolute atomic E-state index is 13.8. The van der Waals surface area contributed by atoms with Gasteiger partial charge in [0.25, 0.3) is 11.8 Å². The first kappa shape index (κ1) is 20.8. The Balaban J connectivity index is 1.23. The van der Waals surface area contributed by atoms with E-state index in [4.69, 9.17) is 5.73 Å². The number of para-hydroxylation sites is 1. The van der Waals surface area contributed by atoms with E-state index in [0.29, 0.717) is 28.6 Å². The molecule has 0 spiro atoms. The summed E-state index contributed by atoms with van der Waals surface area (Å²) in [5.74, 6) is -0.492. The van der Waals surface area contributed by atoms with Crippen LogP contribution in [0.3, 0.4) is 0 Å². The number of amides is 2. The summed E-state index contributed by atoms with van der Waals surface area (Å²) in [6.07, 6.45) is 1.75. The molecule has 0 radical (unpaired) electrons. The average molecular weight is 477 g/mol. The van der Waals surface area contributed by atoms with Gasteiger partial charge in [0, 0.05) is 18.0 Å². The molecule has 1 saturated carbocycles. The molecule has 1 aliphatic carbocycles. The molecule has 10 heteroatoms. The number of hydrogen-bond donors (Lipinski definition) is 3. The Morgan fingerprint density at radius 2 is 2.03 bits per heavy atom. The van der Waals surface area contributed by atoms with Gasteiger partial charge in [0.05, 0.1) is 16.4 Å². The van der Waals surface area contributed by atoms with Gasteiger partial charge in [0.1, 0.15) is 11.5 Å². The highest BCUT2D eigenvalue weighted by molar-refractivity contribution is 7.19. The van der Waals surface area contributed by atoms with Crippen molar-refractivity contribution in [3.63, 3.8) is 0 Å². The molecule has 2 aliphatic rings. The van der Waals surface area contributed by atoms with Gasteiger partial charge in [-0.3, -0.25) is 14.7 Å². The Bertz CT molecular complexity index is 1430. The molecule has 8 nitrogen and oxygen atoms in total. The molecule has 6 rings (SSSR count). The Kier molecular flexibility index (Phi) is 4.84. The van der Waals surface area contributed by atoms with Gasteiger partial charge in [-0.15, -0.1) is 0 Å². The maximum atomic E-state index is 13.8. The topological polar surface area (TPSA) is 117 Å². The van der Waals surface area contributed by atoms with Crippen LogP contribution in [0.5, 0.6) is 0 Å². The van der Waals surface area contributed by atoms with Gasteiger partial charge in [-0.2, -0.15) is 5.10 Å². The Labute approximate surface area is 198 Å². The number of nitrogens with two attached hydrogens (primary N) is 1. The van der Waals surface area contributed by atoms with E-state index in [2.05, 4.69) is 20.5 Å². The number of carbonyl (C=O) groups excluding carboxylic acids is 2. The third-order valence-corrected chi connectivity index (χ3v) is 7.50. The van der Waals surface area contributed by atoms with Crippen molar-refractivity contribution in [3.05, 3.63) is 65.7 Å². The van der Waals surface area contributed by atoms with Crippen LogP contribution in [0.4, 0.5) is 9.52 Å². The Morgan fingerprint density at radius 1 is 1.18 bits per heavy atom. The highest BCUT2D eigenvalue weighted by atomic mass is 32.1. The van der Waals surface area contributed by atoms with Crippen molar-refractivity contribution in [2.24, 2.45) is 5.92 Å². The molecule has 3 atom stereocenters. The summed E-state index contributed by atoms with van der Waals surface area (Å²) in [7, 11) is 0. The van der Waals surface area contributed by atoms with Crippen LogP contribution in [-0.2, 0) is 0 Å². The molecule has 172 valence electrons. The van der Waals surface area contributed by atoms with Gasteiger partial charge < -0.3 is 16.0 Å². The highest BCUT2D eigenvalue weighted by Crippen LogP contribution is 2.49. The molecule has 1 aliphatic heterocycles. The van der Waals surface area contributed by atoms with Gasteiger partial charge in [0.15, 0.2) is 10.8 Å². The molecule has 4 aromatic rings. The molecule has 2 amide bonds. The summed E-state index contributed by atoms with van der Waals surface area (Å²) >= 11 is 1.17. The number of H-pyrrole nitrogens is 1. The van der Waals surface area contributed by atoms with E-state index in [0.717, 1.165) is 23.7 Å². The summed E-state index contributed by atoms with van der Waals surface area (Å²) in [4.78, 5) is 33.1. The number of carbonyl (C=O) groups is 2. The fraction of sp³-hybridized carbons (Fsp3) is 0.250. The van der Waals surface area contributed by atoms with Gasteiger partial charge >= 0.3 is 0 Å². The minimum absolute atomic E-state index is 0.129. The molecule has 1 saturated heterocycles. The second kappa shape index (κ2) is 7.91. The normalized spacial score (nSPS) is 21.0. The van der Waals surface area contributed by atoms with Crippen molar-refractivity contribution in [3.8, 4) is 10.4 Å². The molecular formula is C24H21FN6O2S. The molecule has 2 aromatic carbocycles. The number of fused-ring (bicyclic) bond motifs is 2. The van der Waals surface area contributed by atoms with Gasteiger partial charge in [0.2, 0.25) is 0 Å². The lowest BCUT2D eigenvalue weighted by molar-refractivity contribution is 0.0684. The van der Waals surface area contributed by atoms with E-state index in [9.17, 15) is 14.0 Å². The fourth-order valence-corrected chi connectivity index (χ4v) is 5.74. The molecular weight excluding hydrogens is 455 g/mol. The van der Waals surface area contributed by atoms with Gasteiger partial charge in [-0.05, 0) is 42.5 Å². The van der Waals surface area contributed by atoms with Crippen molar-refractivity contribution >= 4 is 39.2 Å². The third-order valence-electron chi connectivity index (χ3n) is 6.56. The zero-order valence-electron chi connectivity index (χ0n) is 18.0. The number of nitrogen functional groups attached to an aromatic ring is 1. The molecule has 34 heavy (non-hydrogen) atoms. The predicted molar refractivity (Wildman–Crippen MR) is 127 cm³/mol. The summed E-state index contributed by atoms with van der Waals surface area (Å²) in [5, 5.41) is 11.0. The van der Waals surface area contributed by atoms with E-state index < -0.39 is 5.82 Å². The number of aromatic amines is 1. The second-order valence-corrected chi connectivity index (χ2v) is 9.76. The first-order valence-electron chi connectivity index (χ1n) is 11.1. The molecule has 0 unspecified atom stereocenters. The number of benzene rings is 2. The quantitative estimate of drug-likeness (QED) is 0.408.